The van der Waals surface area contributed by atoms with E-state index in [9.17, 15) is 0 Å². The van der Waals surface area contributed by atoms with Crippen molar-refractivity contribution in [2.24, 2.45) is 0 Å². The van der Waals surface area contributed by atoms with Gasteiger partial charge in [-0.25, -0.2) is 0 Å². The molecule has 160 valence electrons. The lowest BCUT2D eigenvalue weighted by Crippen LogP contribution is -2.55. The number of nitrogens with one attached hydrogen (secondary N) is 1. The van der Waals surface area contributed by atoms with Crippen LogP contribution < -0.4 is 0 Å². The van der Waals surface area contributed by atoms with E-state index < -0.39 is 0 Å². The number of para-hydroxylation sites is 1. The third-order valence-corrected chi connectivity index (χ3v) is 7.11. The van der Waals surface area contributed by atoms with E-state index in [4.69, 9.17) is 0 Å². The van der Waals surface area contributed by atoms with Crippen molar-refractivity contribution in [2.75, 3.05) is 26.2 Å². The second-order valence-corrected chi connectivity index (χ2v) is 9.07. The van der Waals surface area contributed by atoms with Crippen LogP contribution in [0.4, 0.5) is 0 Å². The zero-order valence-corrected chi connectivity index (χ0v) is 18.4. The van der Waals surface area contributed by atoms with Crippen LogP contribution in [0.15, 0.2) is 91.0 Å². The van der Waals surface area contributed by atoms with E-state index in [0.29, 0.717) is 6.04 Å². The smallest absolute Gasteiger partial charge is 0.0459 e. The van der Waals surface area contributed by atoms with Crippen molar-refractivity contribution in [3.05, 3.63) is 113 Å². The van der Waals surface area contributed by atoms with Gasteiger partial charge in [0.15, 0.2) is 0 Å². The molecule has 0 bridgehead atoms. The van der Waals surface area contributed by atoms with Gasteiger partial charge >= 0.3 is 0 Å². The molecule has 3 nitrogen and oxygen atoms in total. The fraction of sp³-hybridized carbons (Fsp3) is 0.241. The zero-order chi connectivity index (χ0) is 21.3. The van der Waals surface area contributed by atoms with Gasteiger partial charge in [0, 0.05) is 55.4 Å². The Hall–Kier alpha value is -3.14. The highest BCUT2D eigenvalue weighted by atomic mass is 15.3. The van der Waals surface area contributed by atoms with E-state index in [1.165, 1.54) is 38.9 Å². The highest BCUT2D eigenvalue weighted by molar-refractivity contribution is 5.85. The molecule has 0 radical (unpaired) electrons. The fourth-order valence-corrected chi connectivity index (χ4v) is 5.45. The molecule has 3 heterocycles. The number of benzene rings is 3. The molecular weight excluding hydrogens is 390 g/mol. The third-order valence-electron chi connectivity index (χ3n) is 7.11. The summed E-state index contributed by atoms with van der Waals surface area (Å²) >= 11 is 0. The summed E-state index contributed by atoms with van der Waals surface area (Å²) in [5.41, 5.74) is 8.15. The topological polar surface area (TPSA) is 22.3 Å². The Morgan fingerprint density at radius 1 is 0.844 bits per heavy atom. The minimum Gasteiger partial charge on any atom is -0.357 e. The van der Waals surface area contributed by atoms with Gasteiger partial charge in [-0.15, -0.1) is 0 Å². The minimum atomic E-state index is 0.598. The van der Waals surface area contributed by atoms with Gasteiger partial charge < -0.3 is 4.98 Å². The Balaban J connectivity index is 1.23. The lowest BCUT2D eigenvalue weighted by Gasteiger charge is -2.43. The lowest BCUT2D eigenvalue weighted by atomic mass is 9.94. The molecule has 1 unspecified atom stereocenters. The molecule has 2 aliphatic rings. The first-order chi connectivity index (χ1) is 15.8. The number of fused-ring (bicyclic) bond motifs is 4. The number of hydrogen-bond donors (Lipinski definition) is 1. The summed E-state index contributed by atoms with van der Waals surface area (Å²) < 4.78 is 0. The van der Waals surface area contributed by atoms with Crippen molar-refractivity contribution in [2.45, 2.75) is 19.0 Å². The SMILES string of the molecule is C(CN1CCN2Cc3[nH]c4ccccc4c3CC2C1)=C(c1ccccc1)c1ccccc1. The Morgan fingerprint density at radius 2 is 1.53 bits per heavy atom. The van der Waals surface area contributed by atoms with Gasteiger partial charge in [-0.3, -0.25) is 9.80 Å². The molecule has 6 rings (SSSR count). The normalized spacial score (nSPS) is 18.8. The van der Waals surface area contributed by atoms with Gasteiger partial charge in [-0.1, -0.05) is 84.9 Å². The molecule has 1 aromatic heterocycles. The summed E-state index contributed by atoms with van der Waals surface area (Å²) in [4.78, 5) is 8.98. The molecule has 2 aliphatic heterocycles. The third kappa shape index (κ3) is 3.68. The van der Waals surface area contributed by atoms with Crippen LogP contribution in [0.1, 0.15) is 22.4 Å². The number of piperazine rings is 1. The standard InChI is InChI=1S/C29H29N3/c1-3-9-22(10-4-1)25(23-11-5-2-6-12-23)15-16-31-17-18-32-21-29-27(19-24(32)20-31)26-13-7-8-14-28(26)30-29/h1-15,24,30H,16-21H2. The maximum Gasteiger partial charge on any atom is 0.0459 e. The van der Waals surface area contributed by atoms with Crippen LogP contribution in [0, 0.1) is 0 Å². The average Bonchev–Trinajstić information content (AvgIpc) is 3.21. The summed E-state index contributed by atoms with van der Waals surface area (Å²) in [6, 6.07) is 30.9. The number of hydrogen-bond acceptors (Lipinski definition) is 2. The number of H-pyrrole nitrogens is 1. The lowest BCUT2D eigenvalue weighted by molar-refractivity contribution is 0.0665. The van der Waals surface area contributed by atoms with Crippen molar-refractivity contribution in [1.82, 2.24) is 14.8 Å². The molecule has 0 spiro atoms. The van der Waals surface area contributed by atoms with Gasteiger partial charge in [0.2, 0.25) is 0 Å². The first-order valence-corrected chi connectivity index (χ1v) is 11.7. The second-order valence-electron chi connectivity index (χ2n) is 9.07. The van der Waals surface area contributed by atoms with E-state index in [-0.39, 0.29) is 0 Å². The summed E-state index contributed by atoms with van der Waals surface area (Å²) in [6.45, 7) is 5.44. The van der Waals surface area contributed by atoms with Crippen molar-refractivity contribution < 1.29 is 0 Å². The quantitative estimate of drug-likeness (QED) is 0.482. The van der Waals surface area contributed by atoms with Crippen molar-refractivity contribution in [3.63, 3.8) is 0 Å². The van der Waals surface area contributed by atoms with E-state index in [0.717, 1.165) is 39.1 Å². The molecule has 1 N–H and O–H groups in total. The van der Waals surface area contributed by atoms with Crippen LogP contribution in [0.3, 0.4) is 0 Å². The first kappa shape index (κ1) is 19.5. The van der Waals surface area contributed by atoms with Gasteiger partial charge in [0.1, 0.15) is 0 Å². The minimum absolute atomic E-state index is 0.598. The van der Waals surface area contributed by atoms with Gasteiger partial charge in [-0.2, -0.15) is 0 Å². The highest BCUT2D eigenvalue weighted by Crippen LogP contribution is 2.32. The predicted molar refractivity (Wildman–Crippen MR) is 133 cm³/mol. The molecule has 0 saturated carbocycles. The summed E-state index contributed by atoms with van der Waals surface area (Å²) in [5, 5.41) is 1.41. The van der Waals surface area contributed by atoms with Crippen molar-refractivity contribution in [1.29, 1.82) is 0 Å². The molecule has 1 fully saturated rings. The van der Waals surface area contributed by atoms with Crippen LogP contribution in [-0.2, 0) is 13.0 Å². The predicted octanol–water partition coefficient (Wildman–Crippen LogP) is 5.34. The van der Waals surface area contributed by atoms with Crippen molar-refractivity contribution >= 4 is 16.5 Å². The first-order valence-electron chi connectivity index (χ1n) is 11.7. The van der Waals surface area contributed by atoms with E-state index >= 15 is 0 Å². The molecule has 0 aliphatic carbocycles. The molecule has 3 aromatic carbocycles. The molecular formula is C29H29N3. The van der Waals surface area contributed by atoms with Gasteiger partial charge in [0.05, 0.1) is 0 Å². The molecule has 1 saturated heterocycles. The van der Waals surface area contributed by atoms with Gasteiger partial charge in [-0.05, 0) is 34.8 Å². The van der Waals surface area contributed by atoms with E-state index in [2.05, 4.69) is 106 Å². The second kappa shape index (κ2) is 8.42. The summed E-state index contributed by atoms with van der Waals surface area (Å²) in [5.74, 6) is 0. The number of nitrogens with zero attached hydrogens (tertiary/aromatic N) is 2. The van der Waals surface area contributed by atoms with E-state index in [1.807, 2.05) is 0 Å². The maximum absolute atomic E-state index is 3.67. The zero-order valence-electron chi connectivity index (χ0n) is 18.4. The van der Waals surface area contributed by atoms with Crippen LogP contribution in [0.25, 0.3) is 16.5 Å². The molecule has 3 heteroatoms. The number of rotatable bonds is 4. The Bertz CT molecular complexity index is 1200. The van der Waals surface area contributed by atoms with Crippen LogP contribution in [0.2, 0.25) is 0 Å². The molecule has 1 atom stereocenters. The Kier molecular flexibility index (Phi) is 5.14. The van der Waals surface area contributed by atoms with Crippen molar-refractivity contribution in [3.8, 4) is 0 Å². The number of aromatic nitrogens is 1. The molecule has 32 heavy (non-hydrogen) atoms. The average molecular weight is 420 g/mol. The molecule has 4 aromatic rings. The monoisotopic (exact) mass is 419 g/mol. The fourth-order valence-electron chi connectivity index (χ4n) is 5.45. The highest BCUT2D eigenvalue weighted by Gasteiger charge is 2.32. The maximum atomic E-state index is 3.67. The summed E-state index contributed by atoms with van der Waals surface area (Å²) in [7, 11) is 0. The summed E-state index contributed by atoms with van der Waals surface area (Å²) in [6.07, 6.45) is 3.57. The largest absolute Gasteiger partial charge is 0.357 e. The van der Waals surface area contributed by atoms with E-state index in [1.54, 1.807) is 0 Å². The Labute approximate surface area is 190 Å². The number of aromatic amines is 1. The Morgan fingerprint density at radius 3 is 2.28 bits per heavy atom. The molecule has 0 amide bonds. The van der Waals surface area contributed by atoms with Crippen LogP contribution in [-0.4, -0.2) is 47.0 Å². The van der Waals surface area contributed by atoms with Crippen LogP contribution >= 0.6 is 0 Å². The van der Waals surface area contributed by atoms with Gasteiger partial charge in [0.25, 0.3) is 0 Å². The van der Waals surface area contributed by atoms with Crippen LogP contribution in [0.5, 0.6) is 0 Å².